The predicted octanol–water partition coefficient (Wildman–Crippen LogP) is 1.54. The number of nitrogens with zero attached hydrogens (tertiary/aromatic N) is 2. The quantitative estimate of drug-likeness (QED) is 0.724. The van der Waals surface area contributed by atoms with Gasteiger partial charge in [0.2, 0.25) is 10.0 Å². The van der Waals surface area contributed by atoms with Gasteiger partial charge in [0.25, 0.3) is 0 Å². The molecule has 0 aromatic heterocycles. The monoisotopic (exact) mass is 420 g/mol. The Balaban J connectivity index is 1.86. The van der Waals surface area contributed by atoms with Crippen LogP contribution in [0.1, 0.15) is 13.8 Å². The van der Waals surface area contributed by atoms with Gasteiger partial charge in [-0.15, -0.1) is 0 Å². The minimum absolute atomic E-state index is 0.0903. The molecule has 0 bridgehead atoms. The smallest absolute Gasteiger partial charge is 0.243 e. The highest BCUT2D eigenvalue weighted by molar-refractivity contribution is 9.10. The minimum Gasteiger partial charge on any atom is -0.389 e. The highest BCUT2D eigenvalue weighted by Gasteiger charge is 2.29. The number of benzene rings is 1. The van der Waals surface area contributed by atoms with Crippen LogP contribution in [-0.2, 0) is 14.8 Å². The molecule has 136 valence electrons. The van der Waals surface area contributed by atoms with Crippen LogP contribution in [0.3, 0.4) is 0 Å². The van der Waals surface area contributed by atoms with Crippen LogP contribution in [0.15, 0.2) is 33.6 Å². The second-order valence-corrected chi connectivity index (χ2v) is 9.05. The first-order chi connectivity index (χ1) is 11.3. The Kier molecular flexibility index (Phi) is 7.21. The summed E-state index contributed by atoms with van der Waals surface area (Å²) < 4.78 is 33.0. The largest absolute Gasteiger partial charge is 0.389 e. The zero-order chi connectivity index (χ0) is 17.7. The zero-order valence-corrected chi connectivity index (χ0v) is 16.5. The number of halogens is 1. The van der Waals surface area contributed by atoms with E-state index in [1.165, 1.54) is 4.31 Å². The molecule has 0 radical (unpaired) electrons. The number of sulfonamides is 1. The van der Waals surface area contributed by atoms with Crippen LogP contribution < -0.4 is 0 Å². The lowest BCUT2D eigenvalue weighted by atomic mass is 10.3. The van der Waals surface area contributed by atoms with Crippen molar-refractivity contribution >= 4 is 26.0 Å². The van der Waals surface area contributed by atoms with Gasteiger partial charge in [0, 0.05) is 37.2 Å². The van der Waals surface area contributed by atoms with E-state index in [9.17, 15) is 13.5 Å². The molecule has 1 fully saturated rings. The van der Waals surface area contributed by atoms with Crippen LogP contribution in [0.5, 0.6) is 0 Å². The van der Waals surface area contributed by atoms with Crippen molar-refractivity contribution in [3.8, 4) is 0 Å². The van der Waals surface area contributed by atoms with Crippen molar-refractivity contribution in [1.82, 2.24) is 9.21 Å². The minimum atomic E-state index is -3.45. The second-order valence-electron chi connectivity index (χ2n) is 6.19. The SMILES string of the molecule is CC(C)OCC(O)CN1CCN(S(=O)(=O)c2ccc(Br)cc2)CC1. The van der Waals surface area contributed by atoms with Gasteiger partial charge in [0.15, 0.2) is 0 Å². The molecule has 1 aliphatic rings. The molecule has 0 amide bonds. The van der Waals surface area contributed by atoms with E-state index in [0.717, 1.165) is 4.47 Å². The third-order valence-electron chi connectivity index (χ3n) is 3.87. The standard InChI is InChI=1S/C16H25BrN2O4S/c1-13(2)23-12-15(20)11-18-7-9-19(10-8-18)24(21,22)16-5-3-14(17)4-6-16/h3-6,13,15,20H,7-12H2,1-2H3. The van der Waals surface area contributed by atoms with E-state index in [1.807, 2.05) is 13.8 Å². The van der Waals surface area contributed by atoms with Gasteiger partial charge in [-0.05, 0) is 38.1 Å². The van der Waals surface area contributed by atoms with Gasteiger partial charge in [0.05, 0.1) is 23.7 Å². The number of hydrogen-bond donors (Lipinski definition) is 1. The Morgan fingerprint density at radius 3 is 2.29 bits per heavy atom. The van der Waals surface area contributed by atoms with Gasteiger partial charge in [-0.2, -0.15) is 4.31 Å². The summed E-state index contributed by atoms with van der Waals surface area (Å²) in [4.78, 5) is 2.38. The Labute approximate surface area is 152 Å². The Morgan fingerprint density at radius 2 is 1.75 bits per heavy atom. The Bertz CT molecular complexity index is 613. The fourth-order valence-electron chi connectivity index (χ4n) is 2.56. The Hall–Kier alpha value is -0.510. The van der Waals surface area contributed by atoms with Crippen molar-refractivity contribution in [3.63, 3.8) is 0 Å². The summed E-state index contributed by atoms with van der Waals surface area (Å²) in [5.41, 5.74) is 0. The lowest BCUT2D eigenvalue weighted by Crippen LogP contribution is -2.50. The number of piperazine rings is 1. The number of rotatable bonds is 7. The van der Waals surface area contributed by atoms with Crippen molar-refractivity contribution in [2.24, 2.45) is 0 Å². The zero-order valence-electron chi connectivity index (χ0n) is 14.1. The molecule has 1 aromatic rings. The summed E-state index contributed by atoms with van der Waals surface area (Å²) in [6.07, 6.45) is -0.463. The maximum absolute atomic E-state index is 12.6. The first kappa shape index (κ1) is 19.8. The maximum Gasteiger partial charge on any atom is 0.243 e. The summed E-state index contributed by atoms with van der Waals surface area (Å²) in [7, 11) is -3.45. The molecule has 6 nitrogen and oxygen atoms in total. The number of ether oxygens (including phenoxy) is 1. The third kappa shape index (κ3) is 5.50. The van der Waals surface area contributed by atoms with Gasteiger partial charge in [-0.1, -0.05) is 15.9 Å². The molecule has 2 rings (SSSR count). The van der Waals surface area contributed by atoms with E-state index in [4.69, 9.17) is 4.74 Å². The number of aliphatic hydroxyl groups excluding tert-OH is 1. The van der Waals surface area contributed by atoms with Crippen LogP contribution in [0.25, 0.3) is 0 Å². The summed E-state index contributed by atoms with van der Waals surface area (Å²) >= 11 is 3.31. The molecule has 8 heteroatoms. The average Bonchev–Trinajstić information content (AvgIpc) is 2.54. The topological polar surface area (TPSA) is 70.1 Å². The van der Waals surface area contributed by atoms with E-state index in [1.54, 1.807) is 24.3 Å². The third-order valence-corrected chi connectivity index (χ3v) is 6.32. The lowest BCUT2D eigenvalue weighted by molar-refractivity contribution is -0.0117. The first-order valence-electron chi connectivity index (χ1n) is 8.07. The maximum atomic E-state index is 12.6. The molecule has 1 N–H and O–H groups in total. The summed E-state index contributed by atoms with van der Waals surface area (Å²) in [5.74, 6) is 0. The normalized spacial score (nSPS) is 18.9. The van der Waals surface area contributed by atoms with Gasteiger partial charge in [-0.25, -0.2) is 8.42 Å². The summed E-state index contributed by atoms with van der Waals surface area (Å²) in [5, 5.41) is 9.98. The molecule has 0 spiro atoms. The van der Waals surface area contributed by atoms with Crippen molar-refractivity contribution in [2.75, 3.05) is 39.3 Å². The second kappa shape index (κ2) is 8.73. The predicted molar refractivity (Wildman–Crippen MR) is 96.4 cm³/mol. The van der Waals surface area contributed by atoms with Gasteiger partial charge >= 0.3 is 0 Å². The summed E-state index contributed by atoms with van der Waals surface area (Å²) in [6.45, 7) is 6.72. The van der Waals surface area contributed by atoms with E-state index >= 15 is 0 Å². The van der Waals surface area contributed by atoms with Gasteiger partial charge in [-0.3, -0.25) is 4.90 Å². The highest BCUT2D eigenvalue weighted by Crippen LogP contribution is 2.20. The molecule has 1 aromatic carbocycles. The molecule has 0 saturated carbocycles. The average molecular weight is 421 g/mol. The summed E-state index contributed by atoms with van der Waals surface area (Å²) in [6, 6.07) is 6.68. The molecule has 1 unspecified atom stereocenters. The first-order valence-corrected chi connectivity index (χ1v) is 10.3. The van der Waals surface area contributed by atoms with Gasteiger partial charge < -0.3 is 9.84 Å². The fraction of sp³-hybridized carbons (Fsp3) is 0.625. The van der Waals surface area contributed by atoms with E-state index < -0.39 is 16.1 Å². The van der Waals surface area contributed by atoms with Crippen molar-refractivity contribution in [3.05, 3.63) is 28.7 Å². The molecule has 1 atom stereocenters. The van der Waals surface area contributed by atoms with Crippen LogP contribution in [-0.4, -0.2) is 74.3 Å². The van der Waals surface area contributed by atoms with Crippen LogP contribution >= 0.6 is 15.9 Å². The van der Waals surface area contributed by atoms with E-state index in [2.05, 4.69) is 20.8 Å². The van der Waals surface area contributed by atoms with Gasteiger partial charge in [0.1, 0.15) is 0 Å². The lowest BCUT2D eigenvalue weighted by Gasteiger charge is -2.34. The number of β-amino-alcohol motifs (C(OH)–C–C–N with tert-alkyl or cyclic N) is 1. The molecule has 1 aliphatic heterocycles. The Morgan fingerprint density at radius 1 is 1.17 bits per heavy atom. The highest BCUT2D eigenvalue weighted by atomic mass is 79.9. The number of aliphatic hydroxyl groups is 1. The van der Waals surface area contributed by atoms with E-state index in [-0.39, 0.29) is 6.10 Å². The molecule has 1 heterocycles. The fourth-order valence-corrected chi connectivity index (χ4v) is 4.25. The van der Waals surface area contributed by atoms with E-state index in [0.29, 0.717) is 44.2 Å². The molecule has 24 heavy (non-hydrogen) atoms. The van der Waals surface area contributed by atoms with Crippen molar-refractivity contribution in [2.45, 2.75) is 31.0 Å². The van der Waals surface area contributed by atoms with Crippen molar-refractivity contribution in [1.29, 1.82) is 0 Å². The molecular weight excluding hydrogens is 396 g/mol. The van der Waals surface area contributed by atoms with Crippen LogP contribution in [0.4, 0.5) is 0 Å². The van der Waals surface area contributed by atoms with Crippen LogP contribution in [0, 0.1) is 0 Å². The van der Waals surface area contributed by atoms with Crippen LogP contribution in [0.2, 0.25) is 0 Å². The van der Waals surface area contributed by atoms with Crippen molar-refractivity contribution < 1.29 is 18.3 Å². The molecule has 1 saturated heterocycles. The number of hydrogen-bond acceptors (Lipinski definition) is 5. The molecule has 0 aliphatic carbocycles. The molecular formula is C16H25BrN2O4S.